The molecule has 1 unspecified atom stereocenters. The van der Waals surface area contributed by atoms with Gasteiger partial charge in [0.2, 0.25) is 0 Å². The van der Waals surface area contributed by atoms with E-state index in [1.165, 1.54) is 7.11 Å². The average molecular weight is 356 g/mol. The van der Waals surface area contributed by atoms with Gasteiger partial charge >= 0.3 is 0 Å². The average Bonchev–Trinajstić information content (AvgIpc) is 3.15. The molecule has 0 saturated carbocycles. The molecule has 0 aliphatic rings. The van der Waals surface area contributed by atoms with Crippen LogP contribution in [0, 0.1) is 0 Å². The van der Waals surface area contributed by atoms with Crippen LogP contribution in [-0.4, -0.2) is 23.8 Å². The summed E-state index contributed by atoms with van der Waals surface area (Å²) in [5.74, 6) is 0.526. The SMILES string of the molecule is CCCC(CC(=O)CC(=O)CCc1ccc(O)c(OC)c1)c1cc[n-]c1. The number of phenols is 1. The van der Waals surface area contributed by atoms with Crippen LogP contribution >= 0.6 is 0 Å². The maximum Gasteiger partial charge on any atom is 0.160 e. The Morgan fingerprint density at radius 3 is 2.69 bits per heavy atom. The van der Waals surface area contributed by atoms with Gasteiger partial charge in [-0.05, 0) is 36.5 Å². The molecule has 1 atom stereocenters. The number of Topliss-reactive ketones (excluding diaryl/α,β-unsaturated/α-hetero) is 2. The third-order valence-electron chi connectivity index (χ3n) is 4.49. The van der Waals surface area contributed by atoms with Gasteiger partial charge in [-0.1, -0.05) is 31.0 Å². The van der Waals surface area contributed by atoms with Gasteiger partial charge in [0, 0.05) is 12.8 Å². The Morgan fingerprint density at radius 1 is 1.23 bits per heavy atom. The molecular weight excluding hydrogens is 330 g/mol. The van der Waals surface area contributed by atoms with Crippen LogP contribution in [0.3, 0.4) is 0 Å². The van der Waals surface area contributed by atoms with Crippen LogP contribution in [0.2, 0.25) is 0 Å². The molecule has 0 fully saturated rings. The topological polar surface area (TPSA) is 77.7 Å². The van der Waals surface area contributed by atoms with Crippen LogP contribution < -0.4 is 9.72 Å². The first-order valence-electron chi connectivity index (χ1n) is 8.99. The zero-order chi connectivity index (χ0) is 18.9. The summed E-state index contributed by atoms with van der Waals surface area (Å²) in [6, 6.07) is 6.96. The third-order valence-corrected chi connectivity index (χ3v) is 4.49. The largest absolute Gasteiger partial charge is 0.670 e. The number of nitrogens with zero attached hydrogens (tertiary/aromatic N) is 1. The highest BCUT2D eigenvalue weighted by Gasteiger charge is 2.17. The molecule has 0 aliphatic carbocycles. The van der Waals surface area contributed by atoms with Gasteiger partial charge in [0.1, 0.15) is 11.6 Å². The molecule has 140 valence electrons. The predicted octanol–water partition coefficient (Wildman–Crippen LogP) is 3.79. The molecule has 0 aliphatic heterocycles. The molecule has 1 aromatic carbocycles. The Labute approximate surface area is 154 Å². The minimum Gasteiger partial charge on any atom is -0.670 e. The number of rotatable bonds is 11. The summed E-state index contributed by atoms with van der Waals surface area (Å²) < 4.78 is 5.06. The molecule has 5 nitrogen and oxygen atoms in total. The number of hydrogen-bond acceptors (Lipinski definition) is 4. The van der Waals surface area contributed by atoms with E-state index in [1.807, 2.05) is 6.07 Å². The van der Waals surface area contributed by atoms with Crippen molar-refractivity contribution < 1.29 is 19.4 Å². The fourth-order valence-corrected chi connectivity index (χ4v) is 3.09. The second-order valence-corrected chi connectivity index (χ2v) is 6.54. The molecule has 0 spiro atoms. The van der Waals surface area contributed by atoms with E-state index in [0.29, 0.717) is 25.0 Å². The number of aromatic hydroxyl groups is 1. The lowest BCUT2D eigenvalue weighted by Crippen LogP contribution is -2.12. The number of ketones is 2. The number of methoxy groups -OCH3 is 1. The van der Waals surface area contributed by atoms with E-state index in [-0.39, 0.29) is 29.7 Å². The monoisotopic (exact) mass is 356 g/mol. The lowest BCUT2D eigenvalue weighted by molar-refractivity contribution is -0.127. The van der Waals surface area contributed by atoms with Crippen LogP contribution in [0.4, 0.5) is 0 Å². The molecule has 0 bridgehead atoms. The maximum absolute atomic E-state index is 12.3. The minimum atomic E-state index is -0.0575. The maximum atomic E-state index is 12.3. The predicted molar refractivity (Wildman–Crippen MR) is 99.6 cm³/mol. The number of ether oxygens (including phenoxy) is 1. The number of benzene rings is 1. The lowest BCUT2D eigenvalue weighted by Gasteiger charge is -2.15. The Morgan fingerprint density at radius 2 is 2.04 bits per heavy atom. The normalized spacial score (nSPS) is 11.9. The quantitative estimate of drug-likeness (QED) is 0.620. The molecule has 26 heavy (non-hydrogen) atoms. The zero-order valence-electron chi connectivity index (χ0n) is 15.4. The smallest absolute Gasteiger partial charge is 0.160 e. The van der Waals surface area contributed by atoms with Crippen LogP contribution in [0.25, 0.3) is 0 Å². The van der Waals surface area contributed by atoms with Gasteiger partial charge in [0.15, 0.2) is 11.5 Å². The molecule has 1 N–H and O–H groups in total. The summed E-state index contributed by atoms with van der Waals surface area (Å²) in [5, 5.41) is 9.60. The Hall–Kier alpha value is -2.56. The minimum absolute atomic E-state index is 0.0158. The number of aromatic nitrogens is 1. The molecule has 1 heterocycles. The Balaban J connectivity index is 1.84. The summed E-state index contributed by atoms with van der Waals surface area (Å²) >= 11 is 0. The van der Waals surface area contributed by atoms with Crippen molar-refractivity contribution in [2.45, 2.75) is 51.4 Å². The molecule has 5 heteroatoms. The Kier molecular flexibility index (Phi) is 7.45. The highest BCUT2D eigenvalue weighted by molar-refractivity contribution is 5.99. The second kappa shape index (κ2) is 9.80. The van der Waals surface area contributed by atoms with Crippen molar-refractivity contribution in [2.75, 3.05) is 7.11 Å². The van der Waals surface area contributed by atoms with Crippen molar-refractivity contribution in [1.82, 2.24) is 4.98 Å². The van der Waals surface area contributed by atoms with Gasteiger partial charge in [0.25, 0.3) is 0 Å². The number of carbonyl (C=O) groups is 2. The number of hydrogen-bond donors (Lipinski definition) is 1. The van der Waals surface area contributed by atoms with E-state index >= 15 is 0 Å². The van der Waals surface area contributed by atoms with Crippen molar-refractivity contribution in [3.05, 3.63) is 47.8 Å². The van der Waals surface area contributed by atoms with E-state index in [1.54, 1.807) is 30.6 Å². The van der Waals surface area contributed by atoms with Crippen LogP contribution in [0.15, 0.2) is 36.7 Å². The summed E-state index contributed by atoms with van der Waals surface area (Å²) in [4.78, 5) is 28.5. The molecule has 0 amide bonds. The highest BCUT2D eigenvalue weighted by atomic mass is 16.5. The third kappa shape index (κ3) is 5.76. The van der Waals surface area contributed by atoms with Crippen molar-refractivity contribution in [2.24, 2.45) is 0 Å². The van der Waals surface area contributed by atoms with Gasteiger partial charge < -0.3 is 14.8 Å². The van der Waals surface area contributed by atoms with Crippen molar-refractivity contribution in [3.8, 4) is 11.5 Å². The van der Waals surface area contributed by atoms with E-state index in [9.17, 15) is 14.7 Å². The van der Waals surface area contributed by atoms with Gasteiger partial charge in [-0.25, -0.2) is 0 Å². The summed E-state index contributed by atoms with van der Waals surface area (Å²) in [5.41, 5.74) is 1.97. The van der Waals surface area contributed by atoms with Crippen LogP contribution in [0.5, 0.6) is 11.5 Å². The van der Waals surface area contributed by atoms with E-state index in [0.717, 1.165) is 24.0 Å². The summed E-state index contributed by atoms with van der Waals surface area (Å²) in [6.45, 7) is 2.09. The number of carbonyl (C=O) groups excluding carboxylic acids is 2. The van der Waals surface area contributed by atoms with E-state index in [4.69, 9.17) is 4.74 Å². The highest BCUT2D eigenvalue weighted by Crippen LogP contribution is 2.27. The van der Waals surface area contributed by atoms with Gasteiger partial charge in [-0.2, -0.15) is 12.4 Å². The molecule has 0 saturated heterocycles. The number of phenolic OH excluding ortho intramolecular Hbond substituents is 1. The standard InChI is InChI=1S/C21H26NO4/c1-3-4-16(17-9-10-22-14-17)12-19(24)13-18(23)7-5-15-6-8-20(25)21(11-15)26-2/h6,8-11,14,16,25H,3-5,7,12-13H2,1-2H3/q-1. The first kappa shape index (κ1) is 19.8. The van der Waals surface area contributed by atoms with Gasteiger partial charge in [-0.3, -0.25) is 9.59 Å². The molecule has 2 aromatic rings. The van der Waals surface area contributed by atoms with Crippen LogP contribution in [0.1, 0.15) is 56.1 Å². The summed E-state index contributed by atoms with van der Waals surface area (Å²) in [7, 11) is 1.48. The Bertz CT molecular complexity index is 722. The fraction of sp³-hybridized carbons (Fsp3) is 0.429. The molecule has 0 radical (unpaired) electrons. The van der Waals surface area contributed by atoms with Crippen molar-refractivity contribution >= 4 is 11.6 Å². The second-order valence-electron chi connectivity index (χ2n) is 6.54. The van der Waals surface area contributed by atoms with Crippen LogP contribution in [-0.2, 0) is 16.0 Å². The zero-order valence-corrected chi connectivity index (χ0v) is 15.4. The first-order chi connectivity index (χ1) is 12.5. The van der Waals surface area contributed by atoms with Gasteiger partial charge in [-0.15, -0.1) is 0 Å². The molecule has 2 rings (SSSR count). The first-order valence-corrected chi connectivity index (χ1v) is 8.99. The van der Waals surface area contributed by atoms with Crippen molar-refractivity contribution in [1.29, 1.82) is 0 Å². The van der Waals surface area contributed by atoms with Crippen molar-refractivity contribution in [3.63, 3.8) is 0 Å². The number of aryl methyl sites for hydroxylation is 1. The molecular formula is C21H26NO4-. The van der Waals surface area contributed by atoms with E-state index < -0.39 is 0 Å². The fourth-order valence-electron chi connectivity index (χ4n) is 3.09. The van der Waals surface area contributed by atoms with E-state index in [2.05, 4.69) is 11.9 Å². The molecule has 1 aromatic heterocycles. The van der Waals surface area contributed by atoms with Gasteiger partial charge in [0.05, 0.1) is 13.5 Å². The summed E-state index contributed by atoms with van der Waals surface area (Å²) in [6.07, 6.45) is 6.62. The lowest BCUT2D eigenvalue weighted by atomic mass is 9.90.